The normalized spacial score (nSPS) is 13.4. The topological polar surface area (TPSA) is 0 Å². The highest BCUT2D eigenvalue weighted by atomic mass is 31.1. The molecule has 1 rings (SSSR count). The van der Waals surface area contributed by atoms with Crippen LogP contribution >= 0.6 is 7.92 Å². The lowest BCUT2D eigenvalue weighted by molar-refractivity contribution is 0.713. The van der Waals surface area contributed by atoms with Gasteiger partial charge in [-0.1, -0.05) is 87.6 Å². The SMILES string of the molecule is CC(C)c1ccccc1P(C(C)(C)C)C(C)(C)C. The number of hydrogen-bond acceptors (Lipinski definition) is 0. The predicted molar refractivity (Wildman–Crippen MR) is 86.6 cm³/mol. The lowest BCUT2D eigenvalue weighted by Gasteiger charge is -2.43. The summed E-state index contributed by atoms with van der Waals surface area (Å²) in [6.07, 6.45) is 0. The summed E-state index contributed by atoms with van der Waals surface area (Å²) in [6.45, 7) is 18.9. The van der Waals surface area contributed by atoms with Gasteiger partial charge in [-0.15, -0.1) is 0 Å². The molecule has 0 aromatic heterocycles. The zero-order chi connectivity index (χ0) is 14.1. The molecule has 0 bridgehead atoms. The van der Waals surface area contributed by atoms with Gasteiger partial charge in [-0.05, 0) is 27.1 Å². The summed E-state index contributed by atoms with van der Waals surface area (Å²) in [6, 6.07) is 9.05. The Kier molecular flexibility index (Phi) is 4.65. The van der Waals surface area contributed by atoms with E-state index in [0.29, 0.717) is 16.2 Å². The molecule has 0 heterocycles. The third-order valence-electron chi connectivity index (χ3n) is 3.14. The van der Waals surface area contributed by atoms with Crippen LogP contribution in [0.5, 0.6) is 0 Å². The van der Waals surface area contributed by atoms with Crippen LogP contribution in [0.25, 0.3) is 0 Å². The predicted octanol–water partition coefficient (Wildman–Crippen LogP) is 5.51. The summed E-state index contributed by atoms with van der Waals surface area (Å²) >= 11 is 0. The first-order valence-corrected chi connectivity index (χ1v) is 8.28. The molecule has 0 nitrogen and oxygen atoms in total. The second kappa shape index (κ2) is 5.33. The van der Waals surface area contributed by atoms with Crippen molar-refractivity contribution in [1.29, 1.82) is 0 Å². The van der Waals surface area contributed by atoms with E-state index >= 15 is 0 Å². The molecular weight excluding hydrogens is 235 g/mol. The van der Waals surface area contributed by atoms with Gasteiger partial charge in [0.05, 0.1) is 0 Å². The molecular formula is C17H29P. The molecule has 0 aliphatic heterocycles. The summed E-state index contributed by atoms with van der Waals surface area (Å²) in [4.78, 5) is 0. The van der Waals surface area contributed by atoms with Crippen molar-refractivity contribution in [2.24, 2.45) is 0 Å². The number of rotatable bonds is 2. The van der Waals surface area contributed by atoms with Crippen LogP contribution in [0.2, 0.25) is 0 Å². The molecule has 0 aliphatic rings. The second-order valence-corrected chi connectivity index (χ2v) is 11.2. The first kappa shape index (κ1) is 15.7. The molecule has 0 saturated carbocycles. The van der Waals surface area contributed by atoms with E-state index in [2.05, 4.69) is 79.7 Å². The maximum Gasteiger partial charge on any atom is -0.0134 e. The van der Waals surface area contributed by atoms with Gasteiger partial charge in [-0.3, -0.25) is 0 Å². The van der Waals surface area contributed by atoms with Crippen LogP contribution in [0.4, 0.5) is 0 Å². The Bertz CT molecular complexity index is 377. The lowest BCUT2D eigenvalue weighted by Crippen LogP contribution is -2.32. The summed E-state index contributed by atoms with van der Waals surface area (Å²) in [5.74, 6) is 0.607. The van der Waals surface area contributed by atoms with Gasteiger partial charge in [-0.25, -0.2) is 0 Å². The molecule has 18 heavy (non-hydrogen) atoms. The van der Waals surface area contributed by atoms with Crippen molar-refractivity contribution in [3.63, 3.8) is 0 Å². The van der Waals surface area contributed by atoms with Crippen molar-refractivity contribution >= 4 is 13.2 Å². The Morgan fingerprint density at radius 3 is 1.67 bits per heavy atom. The van der Waals surface area contributed by atoms with Crippen molar-refractivity contribution in [3.8, 4) is 0 Å². The molecule has 0 atom stereocenters. The smallest absolute Gasteiger partial charge is 0.0134 e. The van der Waals surface area contributed by atoms with Crippen LogP contribution in [0.15, 0.2) is 24.3 Å². The highest BCUT2D eigenvalue weighted by Crippen LogP contribution is 2.58. The summed E-state index contributed by atoms with van der Waals surface area (Å²) in [7, 11) is -0.191. The van der Waals surface area contributed by atoms with Crippen LogP contribution in [0.3, 0.4) is 0 Å². The van der Waals surface area contributed by atoms with E-state index in [9.17, 15) is 0 Å². The van der Waals surface area contributed by atoms with E-state index in [-0.39, 0.29) is 7.92 Å². The first-order chi connectivity index (χ1) is 8.05. The minimum Gasteiger partial charge on any atom is -0.0640 e. The lowest BCUT2D eigenvalue weighted by atomic mass is 10.0. The van der Waals surface area contributed by atoms with E-state index in [1.165, 1.54) is 5.56 Å². The average molecular weight is 264 g/mol. The van der Waals surface area contributed by atoms with Crippen LogP contribution in [-0.4, -0.2) is 10.3 Å². The van der Waals surface area contributed by atoms with Crippen LogP contribution in [-0.2, 0) is 0 Å². The Morgan fingerprint density at radius 2 is 1.28 bits per heavy atom. The van der Waals surface area contributed by atoms with Crippen molar-refractivity contribution in [2.75, 3.05) is 0 Å². The third kappa shape index (κ3) is 3.58. The van der Waals surface area contributed by atoms with Gasteiger partial charge in [0.2, 0.25) is 0 Å². The highest BCUT2D eigenvalue weighted by Gasteiger charge is 2.36. The van der Waals surface area contributed by atoms with Crippen molar-refractivity contribution in [1.82, 2.24) is 0 Å². The Labute approximate surface area is 115 Å². The molecule has 102 valence electrons. The Balaban J connectivity index is 3.40. The van der Waals surface area contributed by atoms with E-state index in [1.807, 2.05) is 0 Å². The van der Waals surface area contributed by atoms with Crippen molar-refractivity contribution in [2.45, 2.75) is 71.6 Å². The first-order valence-electron chi connectivity index (χ1n) is 6.94. The van der Waals surface area contributed by atoms with Gasteiger partial charge in [0.1, 0.15) is 0 Å². The fraction of sp³-hybridized carbons (Fsp3) is 0.647. The van der Waals surface area contributed by atoms with E-state index in [1.54, 1.807) is 5.30 Å². The second-order valence-electron chi connectivity index (χ2n) is 7.39. The molecule has 0 N–H and O–H groups in total. The van der Waals surface area contributed by atoms with Gasteiger partial charge < -0.3 is 0 Å². The molecule has 0 amide bonds. The van der Waals surface area contributed by atoms with Crippen molar-refractivity contribution < 1.29 is 0 Å². The molecule has 0 saturated heterocycles. The maximum atomic E-state index is 2.39. The minimum absolute atomic E-state index is 0.191. The van der Waals surface area contributed by atoms with E-state index in [0.717, 1.165) is 0 Å². The molecule has 1 heteroatoms. The standard InChI is InChI=1S/C17H29P/c1-13(2)14-11-9-10-12-15(14)18(16(3,4)5)17(6,7)8/h9-13H,1-8H3. The van der Waals surface area contributed by atoms with E-state index in [4.69, 9.17) is 0 Å². The molecule has 1 aromatic carbocycles. The Hall–Kier alpha value is -0.350. The molecule has 1 aromatic rings. The average Bonchev–Trinajstić information content (AvgIpc) is 2.13. The minimum atomic E-state index is -0.191. The van der Waals surface area contributed by atoms with Crippen molar-refractivity contribution in [3.05, 3.63) is 29.8 Å². The van der Waals surface area contributed by atoms with Gasteiger partial charge in [-0.2, -0.15) is 0 Å². The summed E-state index contributed by atoms with van der Waals surface area (Å²) < 4.78 is 0. The highest BCUT2D eigenvalue weighted by molar-refractivity contribution is 7.68. The number of benzene rings is 1. The molecule has 0 spiro atoms. The van der Waals surface area contributed by atoms with Crippen LogP contribution < -0.4 is 5.30 Å². The van der Waals surface area contributed by atoms with Crippen LogP contribution in [0.1, 0.15) is 66.9 Å². The largest absolute Gasteiger partial charge is 0.0640 e. The molecule has 0 radical (unpaired) electrons. The Morgan fingerprint density at radius 1 is 0.833 bits per heavy atom. The van der Waals surface area contributed by atoms with Gasteiger partial charge in [0, 0.05) is 0 Å². The molecule has 0 fully saturated rings. The summed E-state index contributed by atoms with van der Waals surface area (Å²) in [5, 5.41) is 2.29. The van der Waals surface area contributed by atoms with E-state index < -0.39 is 0 Å². The number of hydrogen-bond donors (Lipinski definition) is 0. The van der Waals surface area contributed by atoms with Gasteiger partial charge in [0.15, 0.2) is 0 Å². The van der Waals surface area contributed by atoms with Gasteiger partial charge >= 0.3 is 0 Å². The quantitative estimate of drug-likeness (QED) is 0.617. The zero-order valence-corrected chi connectivity index (χ0v) is 14.2. The van der Waals surface area contributed by atoms with Crippen LogP contribution in [0, 0.1) is 0 Å². The third-order valence-corrected chi connectivity index (χ3v) is 6.71. The maximum absolute atomic E-state index is 2.39. The zero-order valence-electron chi connectivity index (χ0n) is 13.3. The fourth-order valence-corrected chi connectivity index (χ4v) is 7.19. The van der Waals surface area contributed by atoms with Gasteiger partial charge in [0.25, 0.3) is 0 Å². The molecule has 0 aliphatic carbocycles. The summed E-state index contributed by atoms with van der Waals surface area (Å²) in [5.41, 5.74) is 1.54. The fourth-order valence-electron chi connectivity index (χ4n) is 2.91. The molecule has 0 unspecified atom stereocenters. The monoisotopic (exact) mass is 264 g/mol.